The number of rotatable bonds is 14. The summed E-state index contributed by atoms with van der Waals surface area (Å²) in [5.74, 6) is -0.535. The van der Waals surface area contributed by atoms with E-state index in [1.54, 1.807) is 0 Å². The number of aldehydes is 1. The maximum absolute atomic E-state index is 12.2. The second-order valence-electron chi connectivity index (χ2n) is 7.39. The molecule has 0 aliphatic heterocycles. The summed E-state index contributed by atoms with van der Waals surface area (Å²) >= 11 is 0. The third kappa shape index (κ3) is 8.98. The van der Waals surface area contributed by atoms with E-state index in [-0.39, 0.29) is 26.4 Å². The van der Waals surface area contributed by atoms with Crippen LogP contribution < -0.4 is 0 Å². The molecule has 3 rings (SSSR count). The quantitative estimate of drug-likeness (QED) is 0.273. The Kier molecular flexibility index (Phi) is 10.3. The van der Waals surface area contributed by atoms with E-state index in [1.165, 1.54) is 0 Å². The van der Waals surface area contributed by atoms with Crippen LogP contribution >= 0.6 is 0 Å². The summed E-state index contributed by atoms with van der Waals surface area (Å²) in [6.07, 6.45) is -0.977. The minimum atomic E-state index is -0.896. The summed E-state index contributed by atoms with van der Waals surface area (Å²) in [6.45, 7) is 0.479. The highest BCUT2D eigenvalue weighted by molar-refractivity contribution is 5.70. The molecule has 2 atom stereocenters. The number of hydrogen-bond acceptors (Lipinski definition) is 6. The molecule has 6 nitrogen and oxygen atoms in total. The highest BCUT2D eigenvalue weighted by Gasteiger charge is 2.25. The average Bonchev–Trinajstić information content (AvgIpc) is 2.87. The van der Waals surface area contributed by atoms with Gasteiger partial charge in [0.15, 0.2) is 6.29 Å². The molecule has 0 heterocycles. The van der Waals surface area contributed by atoms with Crippen LogP contribution in [-0.2, 0) is 48.4 Å². The van der Waals surface area contributed by atoms with Gasteiger partial charge in [0, 0.05) is 0 Å². The Morgan fingerprint density at radius 3 is 1.70 bits per heavy atom. The van der Waals surface area contributed by atoms with Crippen molar-refractivity contribution in [3.05, 3.63) is 108 Å². The van der Waals surface area contributed by atoms with Gasteiger partial charge in [-0.05, 0) is 16.7 Å². The Labute approximate surface area is 194 Å². The maximum Gasteiger partial charge on any atom is 0.332 e. The SMILES string of the molecule is O=C[C@H](OCc1ccccc1)[C@H](COC(=O)COCc1ccccc1)OCc1ccccc1. The van der Waals surface area contributed by atoms with Gasteiger partial charge < -0.3 is 23.7 Å². The Morgan fingerprint density at radius 1 is 0.697 bits per heavy atom. The maximum atomic E-state index is 12.2. The number of carbonyl (C=O) groups is 2. The zero-order valence-corrected chi connectivity index (χ0v) is 18.4. The highest BCUT2D eigenvalue weighted by atomic mass is 16.6. The fraction of sp³-hybridized carbons (Fsp3) is 0.259. The van der Waals surface area contributed by atoms with Crippen LogP contribution in [0, 0.1) is 0 Å². The van der Waals surface area contributed by atoms with Gasteiger partial charge in [0.05, 0.1) is 19.8 Å². The monoisotopic (exact) mass is 448 g/mol. The molecule has 0 bridgehead atoms. The van der Waals surface area contributed by atoms with E-state index < -0.39 is 18.2 Å². The Hall–Kier alpha value is -3.32. The molecule has 3 aromatic carbocycles. The molecule has 0 saturated heterocycles. The molecular weight excluding hydrogens is 420 g/mol. The van der Waals surface area contributed by atoms with Crippen molar-refractivity contribution in [2.75, 3.05) is 13.2 Å². The van der Waals surface area contributed by atoms with Crippen molar-refractivity contribution in [1.82, 2.24) is 0 Å². The number of carbonyl (C=O) groups excluding carboxylic acids is 2. The summed E-state index contributed by atoms with van der Waals surface area (Å²) in [6, 6.07) is 28.6. The van der Waals surface area contributed by atoms with Gasteiger partial charge in [-0.1, -0.05) is 91.0 Å². The summed E-state index contributed by atoms with van der Waals surface area (Å²) in [5.41, 5.74) is 2.83. The third-order valence-electron chi connectivity index (χ3n) is 4.83. The van der Waals surface area contributed by atoms with Crippen molar-refractivity contribution in [1.29, 1.82) is 0 Å². The number of ether oxygens (including phenoxy) is 4. The average molecular weight is 449 g/mol. The largest absolute Gasteiger partial charge is 0.461 e. The molecule has 0 unspecified atom stereocenters. The molecule has 0 spiro atoms. The van der Waals surface area contributed by atoms with Crippen LogP contribution in [-0.4, -0.2) is 37.7 Å². The lowest BCUT2D eigenvalue weighted by atomic mass is 10.2. The predicted molar refractivity (Wildman–Crippen MR) is 123 cm³/mol. The lowest BCUT2D eigenvalue weighted by molar-refractivity contribution is -0.162. The van der Waals surface area contributed by atoms with Gasteiger partial charge in [-0.25, -0.2) is 4.79 Å². The van der Waals surface area contributed by atoms with E-state index in [9.17, 15) is 9.59 Å². The summed E-state index contributed by atoms with van der Waals surface area (Å²) in [7, 11) is 0. The first-order chi connectivity index (χ1) is 16.2. The fourth-order valence-electron chi connectivity index (χ4n) is 3.06. The van der Waals surface area contributed by atoms with E-state index >= 15 is 0 Å². The van der Waals surface area contributed by atoms with Crippen molar-refractivity contribution in [3.63, 3.8) is 0 Å². The van der Waals surface area contributed by atoms with Crippen molar-refractivity contribution in [2.24, 2.45) is 0 Å². The standard InChI is InChI=1S/C27H28O6/c28-16-25(31-18-23-12-6-2-7-13-23)26(32-19-24-14-8-3-9-15-24)20-33-27(29)21-30-17-22-10-4-1-5-11-22/h1-16,25-26H,17-21H2/t25-,26-/m0/s1. The van der Waals surface area contributed by atoms with Gasteiger partial charge >= 0.3 is 5.97 Å². The van der Waals surface area contributed by atoms with E-state index in [0.717, 1.165) is 16.7 Å². The molecule has 0 radical (unpaired) electrons. The lowest BCUT2D eigenvalue weighted by Crippen LogP contribution is -2.37. The molecule has 0 aliphatic carbocycles. The second kappa shape index (κ2) is 14.0. The van der Waals surface area contributed by atoms with Gasteiger partial charge in [-0.2, -0.15) is 0 Å². The first-order valence-electron chi connectivity index (χ1n) is 10.8. The predicted octanol–water partition coefficient (Wildman–Crippen LogP) is 4.12. The smallest absolute Gasteiger partial charge is 0.332 e. The molecule has 0 fully saturated rings. The molecule has 3 aromatic rings. The zero-order valence-electron chi connectivity index (χ0n) is 18.4. The Bertz CT molecular complexity index is 946. The van der Waals surface area contributed by atoms with Crippen molar-refractivity contribution < 1.29 is 28.5 Å². The topological polar surface area (TPSA) is 71.1 Å². The minimum absolute atomic E-state index is 0.126. The van der Waals surface area contributed by atoms with Gasteiger partial charge in [0.2, 0.25) is 0 Å². The molecule has 33 heavy (non-hydrogen) atoms. The van der Waals surface area contributed by atoms with Crippen LogP contribution in [0.3, 0.4) is 0 Å². The molecule has 0 aromatic heterocycles. The summed E-state index contributed by atoms with van der Waals surface area (Å²) < 4.78 is 22.5. The molecule has 0 N–H and O–H groups in total. The number of benzene rings is 3. The highest BCUT2D eigenvalue weighted by Crippen LogP contribution is 2.12. The van der Waals surface area contributed by atoms with Crippen LogP contribution in [0.1, 0.15) is 16.7 Å². The molecular formula is C27H28O6. The van der Waals surface area contributed by atoms with Crippen molar-refractivity contribution in [3.8, 4) is 0 Å². The Morgan fingerprint density at radius 2 is 1.18 bits per heavy atom. The Balaban J connectivity index is 1.52. The van der Waals surface area contributed by atoms with E-state index in [1.807, 2.05) is 91.0 Å². The molecule has 0 saturated carbocycles. The second-order valence-corrected chi connectivity index (χ2v) is 7.39. The van der Waals surface area contributed by atoms with Crippen LogP contribution in [0.5, 0.6) is 0 Å². The van der Waals surface area contributed by atoms with Crippen LogP contribution in [0.15, 0.2) is 91.0 Å². The number of hydrogen-bond donors (Lipinski definition) is 0. The summed E-state index contributed by atoms with van der Waals surface area (Å²) in [5, 5.41) is 0. The molecule has 0 aliphatic rings. The van der Waals surface area contributed by atoms with E-state index in [4.69, 9.17) is 18.9 Å². The summed E-state index contributed by atoms with van der Waals surface area (Å²) in [4.78, 5) is 24.0. The first kappa shape index (κ1) is 24.3. The third-order valence-corrected chi connectivity index (χ3v) is 4.83. The van der Waals surface area contributed by atoms with Gasteiger partial charge in [-0.15, -0.1) is 0 Å². The van der Waals surface area contributed by atoms with Crippen LogP contribution in [0.4, 0.5) is 0 Å². The molecule has 172 valence electrons. The van der Waals surface area contributed by atoms with Crippen molar-refractivity contribution >= 4 is 12.3 Å². The van der Waals surface area contributed by atoms with E-state index in [0.29, 0.717) is 12.9 Å². The normalized spacial score (nSPS) is 12.6. The zero-order chi connectivity index (χ0) is 23.1. The van der Waals surface area contributed by atoms with Crippen molar-refractivity contribution in [2.45, 2.75) is 32.0 Å². The lowest BCUT2D eigenvalue weighted by Gasteiger charge is -2.23. The first-order valence-corrected chi connectivity index (χ1v) is 10.8. The minimum Gasteiger partial charge on any atom is -0.461 e. The molecule has 6 heteroatoms. The molecule has 0 amide bonds. The van der Waals surface area contributed by atoms with Crippen LogP contribution in [0.2, 0.25) is 0 Å². The van der Waals surface area contributed by atoms with E-state index in [2.05, 4.69) is 0 Å². The number of esters is 1. The van der Waals surface area contributed by atoms with Crippen LogP contribution in [0.25, 0.3) is 0 Å². The van der Waals surface area contributed by atoms with Gasteiger partial charge in [0.25, 0.3) is 0 Å². The fourth-order valence-corrected chi connectivity index (χ4v) is 3.06. The van der Waals surface area contributed by atoms with Gasteiger partial charge in [0.1, 0.15) is 25.4 Å². The van der Waals surface area contributed by atoms with Gasteiger partial charge in [-0.3, -0.25) is 0 Å².